The second-order valence-corrected chi connectivity index (χ2v) is 30.6. The molecule has 1 amide bonds. The predicted molar refractivity (Wildman–Crippen MR) is 397 cm³/mol. The summed E-state index contributed by atoms with van der Waals surface area (Å²) in [5, 5.41) is 14.1. The van der Waals surface area contributed by atoms with Crippen molar-refractivity contribution < 1.29 is 32.9 Å². The van der Waals surface area contributed by atoms with Crippen LogP contribution >= 0.6 is 7.82 Å². The minimum atomic E-state index is -4.35. The summed E-state index contributed by atoms with van der Waals surface area (Å²) < 4.78 is 23.9. The number of aliphatic hydroxyl groups excluding tert-OH is 1. The number of aliphatic hydroxyl groups is 1. The number of carbonyl (C=O) groups is 1. The monoisotopic (exact) mass is 1290 g/mol. The van der Waals surface area contributed by atoms with E-state index in [1.54, 1.807) is 6.08 Å². The van der Waals surface area contributed by atoms with Crippen molar-refractivity contribution in [2.45, 2.75) is 437 Å². The highest BCUT2D eigenvalue weighted by atomic mass is 31.2. The van der Waals surface area contributed by atoms with Gasteiger partial charge in [-0.3, -0.25) is 13.8 Å². The number of nitrogens with one attached hydrogen (secondary N) is 1. The molecule has 0 spiro atoms. The van der Waals surface area contributed by atoms with Crippen LogP contribution in [0, 0.1) is 0 Å². The fraction of sp³-hybridized carbons (Fsp3) is 0.914. The first-order valence-electron chi connectivity index (χ1n) is 40.4. The maximum absolute atomic E-state index is 13.1. The molecule has 8 nitrogen and oxygen atoms in total. The summed E-state index contributed by atoms with van der Waals surface area (Å²) in [7, 11) is 1.60. The van der Waals surface area contributed by atoms with Gasteiger partial charge in [0, 0.05) is 6.42 Å². The summed E-state index contributed by atoms with van der Waals surface area (Å²) in [5.41, 5.74) is 0. The maximum atomic E-state index is 13.1. The topological polar surface area (TPSA) is 105 Å². The highest BCUT2D eigenvalue weighted by Gasteiger charge is 2.28. The third kappa shape index (κ3) is 74.1. The van der Waals surface area contributed by atoms with E-state index in [1.807, 2.05) is 27.2 Å². The molecule has 0 aliphatic carbocycles. The van der Waals surface area contributed by atoms with Gasteiger partial charge < -0.3 is 19.8 Å². The molecule has 9 heteroatoms. The SMILES string of the molecule is CCCCCCC/C=C\C/C=C\CCCCCCCCCCCCCCCCCCCCCCCCCCCCCCCC(=O)NC(COP(=O)(O)OCC[N+](C)(C)C)C(O)/C=C/CCCCCCCCCCCCCCCCCCCCCCCCCCC. The van der Waals surface area contributed by atoms with Gasteiger partial charge in [0.15, 0.2) is 0 Å². The van der Waals surface area contributed by atoms with Crippen molar-refractivity contribution in [3.05, 3.63) is 36.5 Å². The molecule has 3 unspecified atom stereocenters. The van der Waals surface area contributed by atoms with Gasteiger partial charge in [0.2, 0.25) is 5.91 Å². The number of quaternary nitrogens is 1. The molecule has 0 aromatic carbocycles. The van der Waals surface area contributed by atoms with Gasteiger partial charge in [0.1, 0.15) is 13.2 Å². The molecule has 0 saturated carbocycles. The van der Waals surface area contributed by atoms with Crippen molar-refractivity contribution in [3.63, 3.8) is 0 Å². The van der Waals surface area contributed by atoms with Gasteiger partial charge in [-0.1, -0.05) is 403 Å². The van der Waals surface area contributed by atoms with Crippen molar-refractivity contribution in [2.24, 2.45) is 0 Å². The van der Waals surface area contributed by atoms with Crippen LogP contribution in [0.25, 0.3) is 0 Å². The standard InChI is InChI=1S/C81H159N2O6P/c1-6-8-10-12-14-16-18-20-22-24-26-28-30-32-34-35-36-37-38-39-40-41-42-43-44-45-46-47-49-51-53-55-57-59-61-63-65-67-69-71-73-75-81(85)82-79(78-89-90(86,87)88-77-76-83(3,4)5)80(84)74-72-70-68-66-64-62-60-58-56-54-52-50-48-33-31-29-27-25-23-21-19-17-15-13-11-9-7-2/h18,20,24,26,72,74,79-80,84H,6-17,19,21-23,25,27-71,73,75-78H2,1-5H3,(H-,82,85,86,87)/p+1/b20-18-,26-24-,74-72+. The smallest absolute Gasteiger partial charge is 0.387 e. The van der Waals surface area contributed by atoms with E-state index in [2.05, 4.69) is 43.5 Å². The molecule has 0 aromatic rings. The predicted octanol–water partition coefficient (Wildman–Crippen LogP) is 26.3. The average molecular weight is 1290 g/mol. The molecule has 3 N–H and O–H groups in total. The number of likely N-dealkylation sites (N-methyl/N-ethyl adjacent to an activating group) is 1. The van der Waals surface area contributed by atoms with Gasteiger partial charge in [0.25, 0.3) is 0 Å². The van der Waals surface area contributed by atoms with Crippen LogP contribution in [0.5, 0.6) is 0 Å². The zero-order chi connectivity index (χ0) is 65.5. The van der Waals surface area contributed by atoms with Crippen LogP contribution < -0.4 is 5.32 Å². The third-order valence-electron chi connectivity index (χ3n) is 18.9. The number of phosphoric acid groups is 1. The molecule has 90 heavy (non-hydrogen) atoms. The molecule has 534 valence electrons. The Labute approximate surface area is 563 Å². The molecule has 0 bridgehead atoms. The lowest BCUT2D eigenvalue weighted by molar-refractivity contribution is -0.870. The molecular formula is C81H160N2O6P+. The minimum absolute atomic E-state index is 0.0645. The number of hydrogen-bond acceptors (Lipinski definition) is 5. The first-order valence-corrected chi connectivity index (χ1v) is 41.9. The minimum Gasteiger partial charge on any atom is -0.387 e. The third-order valence-corrected chi connectivity index (χ3v) is 19.8. The summed E-state index contributed by atoms with van der Waals surface area (Å²) >= 11 is 0. The summed E-state index contributed by atoms with van der Waals surface area (Å²) in [6.07, 6.45) is 97.8. The van der Waals surface area contributed by atoms with Crippen LogP contribution in [0.4, 0.5) is 0 Å². The van der Waals surface area contributed by atoms with E-state index in [4.69, 9.17) is 9.05 Å². The largest absolute Gasteiger partial charge is 0.472 e. The highest BCUT2D eigenvalue weighted by Crippen LogP contribution is 2.43. The lowest BCUT2D eigenvalue weighted by Crippen LogP contribution is -2.45. The number of hydrogen-bond donors (Lipinski definition) is 3. The van der Waals surface area contributed by atoms with Crippen LogP contribution in [0.3, 0.4) is 0 Å². The Morgan fingerprint density at radius 2 is 0.633 bits per heavy atom. The average Bonchev–Trinajstić information content (AvgIpc) is 3.09. The Morgan fingerprint density at radius 1 is 0.378 bits per heavy atom. The lowest BCUT2D eigenvalue weighted by atomic mass is 10.0. The van der Waals surface area contributed by atoms with Gasteiger partial charge in [-0.25, -0.2) is 4.57 Å². The molecule has 0 fully saturated rings. The summed E-state index contributed by atoms with van der Waals surface area (Å²) in [6, 6.07) is -0.846. The van der Waals surface area contributed by atoms with E-state index in [0.29, 0.717) is 17.4 Å². The molecule has 0 heterocycles. The molecule has 0 saturated heterocycles. The van der Waals surface area contributed by atoms with Crippen molar-refractivity contribution in [1.82, 2.24) is 5.32 Å². The maximum Gasteiger partial charge on any atom is 0.472 e. The van der Waals surface area contributed by atoms with Crippen molar-refractivity contribution >= 4 is 13.7 Å². The van der Waals surface area contributed by atoms with Crippen LogP contribution in [-0.4, -0.2) is 73.4 Å². The summed E-state index contributed by atoms with van der Waals surface area (Å²) in [5.74, 6) is -0.167. The highest BCUT2D eigenvalue weighted by molar-refractivity contribution is 7.47. The Morgan fingerprint density at radius 3 is 0.911 bits per heavy atom. The quantitative estimate of drug-likeness (QED) is 0.0243. The Bertz CT molecular complexity index is 1560. The van der Waals surface area contributed by atoms with Gasteiger partial charge in [0.05, 0.1) is 39.9 Å². The van der Waals surface area contributed by atoms with Gasteiger partial charge in [-0.2, -0.15) is 0 Å². The number of amides is 1. The van der Waals surface area contributed by atoms with E-state index in [0.717, 1.165) is 38.5 Å². The van der Waals surface area contributed by atoms with Crippen LogP contribution in [0.2, 0.25) is 0 Å². The van der Waals surface area contributed by atoms with Crippen LogP contribution in [0.1, 0.15) is 425 Å². The van der Waals surface area contributed by atoms with E-state index >= 15 is 0 Å². The first-order chi connectivity index (χ1) is 44.0. The second-order valence-electron chi connectivity index (χ2n) is 29.2. The molecule has 0 aliphatic rings. The Hall–Kier alpha value is -1.28. The van der Waals surface area contributed by atoms with Gasteiger partial charge in [-0.05, 0) is 51.4 Å². The van der Waals surface area contributed by atoms with Gasteiger partial charge in [-0.15, -0.1) is 0 Å². The Kier molecular flexibility index (Phi) is 71.0. The molecular weight excluding hydrogens is 1130 g/mol. The first kappa shape index (κ1) is 88.7. The van der Waals surface area contributed by atoms with Crippen LogP contribution in [-0.2, 0) is 18.4 Å². The molecule has 0 aromatic heterocycles. The number of unbranched alkanes of at least 4 members (excludes halogenated alkanes) is 59. The number of rotatable bonds is 76. The molecule has 3 atom stereocenters. The zero-order valence-electron chi connectivity index (χ0n) is 61.4. The zero-order valence-corrected chi connectivity index (χ0v) is 62.3. The van der Waals surface area contributed by atoms with Crippen molar-refractivity contribution in [3.8, 4) is 0 Å². The summed E-state index contributed by atoms with van der Waals surface area (Å²) in [4.78, 5) is 23.5. The number of allylic oxidation sites excluding steroid dienone is 5. The molecule has 0 rings (SSSR count). The van der Waals surface area contributed by atoms with Gasteiger partial charge >= 0.3 is 7.82 Å². The summed E-state index contributed by atoms with van der Waals surface area (Å²) in [6.45, 7) is 4.87. The molecule has 0 aliphatic heterocycles. The number of phosphoric ester groups is 1. The van der Waals surface area contributed by atoms with E-state index < -0.39 is 20.0 Å². The van der Waals surface area contributed by atoms with Crippen molar-refractivity contribution in [1.29, 1.82) is 0 Å². The fourth-order valence-corrected chi connectivity index (χ4v) is 13.3. The lowest BCUT2D eigenvalue weighted by Gasteiger charge is -2.25. The number of carbonyl (C=O) groups excluding carboxylic acids is 1. The molecule has 0 radical (unpaired) electrons. The van der Waals surface area contributed by atoms with E-state index in [-0.39, 0.29) is 19.1 Å². The normalized spacial score (nSPS) is 13.6. The second kappa shape index (κ2) is 72.0. The fourth-order valence-electron chi connectivity index (χ4n) is 12.6. The van der Waals surface area contributed by atoms with E-state index in [9.17, 15) is 19.4 Å². The Balaban J connectivity index is 3.90. The number of nitrogens with zero attached hydrogens (tertiary/aromatic N) is 1. The van der Waals surface area contributed by atoms with E-state index in [1.165, 1.54) is 366 Å². The van der Waals surface area contributed by atoms with Crippen molar-refractivity contribution in [2.75, 3.05) is 40.9 Å². The van der Waals surface area contributed by atoms with Crippen LogP contribution in [0.15, 0.2) is 36.5 Å².